The van der Waals surface area contributed by atoms with Crippen LogP contribution >= 0.6 is 27.3 Å². The fourth-order valence-electron chi connectivity index (χ4n) is 2.61. The Hall–Kier alpha value is -2.78. The molecule has 0 unspecified atom stereocenters. The Balaban J connectivity index is 1.48. The van der Waals surface area contributed by atoms with Gasteiger partial charge in [0.1, 0.15) is 10.8 Å². The number of carbonyl (C=O) groups excluding carboxylic acids is 2. The van der Waals surface area contributed by atoms with Crippen molar-refractivity contribution in [3.63, 3.8) is 0 Å². The fraction of sp³-hybridized carbons (Fsp3) is 0.200. The van der Waals surface area contributed by atoms with Crippen LogP contribution in [-0.4, -0.2) is 35.7 Å². The first-order valence-electron chi connectivity index (χ1n) is 8.83. The zero-order chi connectivity index (χ0) is 20.6. The molecule has 0 saturated carbocycles. The SMILES string of the molecule is COc1ccccc1CC(=O)Nc1nnc(CCNC(=O)c2cccc(Br)c2)s1. The highest BCUT2D eigenvalue weighted by Crippen LogP contribution is 2.20. The van der Waals surface area contributed by atoms with Gasteiger partial charge in [-0.05, 0) is 24.3 Å². The van der Waals surface area contributed by atoms with Gasteiger partial charge in [0, 0.05) is 28.6 Å². The van der Waals surface area contributed by atoms with E-state index in [4.69, 9.17) is 4.74 Å². The van der Waals surface area contributed by atoms with Crippen molar-refractivity contribution in [3.05, 3.63) is 69.1 Å². The third-order valence-electron chi connectivity index (χ3n) is 3.97. The third kappa shape index (κ3) is 6.10. The summed E-state index contributed by atoms with van der Waals surface area (Å²) in [6, 6.07) is 14.6. The highest BCUT2D eigenvalue weighted by atomic mass is 79.9. The molecule has 0 atom stereocenters. The van der Waals surface area contributed by atoms with Crippen molar-refractivity contribution in [1.29, 1.82) is 0 Å². The number of carbonyl (C=O) groups is 2. The van der Waals surface area contributed by atoms with E-state index in [1.807, 2.05) is 36.4 Å². The number of methoxy groups -OCH3 is 1. The Bertz CT molecular complexity index is 1010. The molecule has 0 saturated heterocycles. The lowest BCUT2D eigenvalue weighted by atomic mass is 10.1. The average molecular weight is 475 g/mol. The molecule has 0 aliphatic heterocycles. The summed E-state index contributed by atoms with van der Waals surface area (Å²) in [5.74, 6) is 0.322. The Morgan fingerprint density at radius 3 is 2.76 bits per heavy atom. The van der Waals surface area contributed by atoms with Gasteiger partial charge in [-0.1, -0.05) is 51.5 Å². The van der Waals surface area contributed by atoms with Crippen LogP contribution in [0, 0.1) is 0 Å². The predicted molar refractivity (Wildman–Crippen MR) is 115 cm³/mol. The molecule has 9 heteroatoms. The van der Waals surface area contributed by atoms with Gasteiger partial charge in [-0.2, -0.15) is 0 Å². The molecule has 0 radical (unpaired) electrons. The first-order chi connectivity index (χ1) is 14.0. The van der Waals surface area contributed by atoms with Crippen LogP contribution in [-0.2, 0) is 17.6 Å². The molecule has 1 aromatic heterocycles. The van der Waals surface area contributed by atoms with Gasteiger partial charge < -0.3 is 15.4 Å². The summed E-state index contributed by atoms with van der Waals surface area (Å²) in [6.07, 6.45) is 0.710. The molecule has 7 nitrogen and oxygen atoms in total. The number of ether oxygens (including phenoxy) is 1. The molecule has 3 rings (SSSR count). The smallest absolute Gasteiger partial charge is 0.251 e. The maximum absolute atomic E-state index is 12.3. The lowest BCUT2D eigenvalue weighted by Gasteiger charge is -2.07. The van der Waals surface area contributed by atoms with E-state index in [1.165, 1.54) is 11.3 Å². The number of para-hydroxylation sites is 1. The van der Waals surface area contributed by atoms with Gasteiger partial charge in [0.25, 0.3) is 5.91 Å². The van der Waals surface area contributed by atoms with Crippen molar-refractivity contribution in [2.75, 3.05) is 19.0 Å². The Morgan fingerprint density at radius 1 is 1.14 bits per heavy atom. The third-order valence-corrected chi connectivity index (χ3v) is 5.36. The molecule has 0 aliphatic rings. The number of nitrogens with one attached hydrogen (secondary N) is 2. The minimum atomic E-state index is -0.194. The van der Waals surface area contributed by atoms with Gasteiger partial charge in [0.15, 0.2) is 0 Å². The van der Waals surface area contributed by atoms with Crippen LogP contribution in [0.15, 0.2) is 53.0 Å². The normalized spacial score (nSPS) is 10.4. The summed E-state index contributed by atoms with van der Waals surface area (Å²) < 4.78 is 6.11. The molecule has 3 aromatic rings. The zero-order valence-corrected chi connectivity index (χ0v) is 18.0. The van der Waals surface area contributed by atoms with E-state index in [0.717, 1.165) is 15.0 Å². The van der Waals surface area contributed by atoms with E-state index in [1.54, 1.807) is 19.2 Å². The second kappa shape index (κ2) is 10.1. The highest BCUT2D eigenvalue weighted by Gasteiger charge is 2.12. The van der Waals surface area contributed by atoms with Gasteiger partial charge in [0.2, 0.25) is 11.0 Å². The maximum atomic E-state index is 12.3. The van der Waals surface area contributed by atoms with Crippen LogP contribution in [0.3, 0.4) is 0 Å². The highest BCUT2D eigenvalue weighted by molar-refractivity contribution is 9.10. The Kier molecular flexibility index (Phi) is 7.31. The lowest BCUT2D eigenvalue weighted by molar-refractivity contribution is -0.115. The van der Waals surface area contributed by atoms with E-state index < -0.39 is 0 Å². The first kappa shape index (κ1) is 20.9. The van der Waals surface area contributed by atoms with E-state index in [9.17, 15) is 9.59 Å². The summed E-state index contributed by atoms with van der Waals surface area (Å²) in [5.41, 5.74) is 1.38. The maximum Gasteiger partial charge on any atom is 0.251 e. The van der Waals surface area contributed by atoms with Gasteiger partial charge in [-0.3, -0.25) is 9.59 Å². The van der Waals surface area contributed by atoms with Gasteiger partial charge in [0.05, 0.1) is 13.5 Å². The van der Waals surface area contributed by atoms with E-state index >= 15 is 0 Å². The molecule has 0 bridgehead atoms. The number of nitrogens with zero attached hydrogens (tertiary/aromatic N) is 2. The number of halogens is 1. The molecule has 2 amide bonds. The van der Waals surface area contributed by atoms with Crippen LogP contribution < -0.4 is 15.4 Å². The van der Waals surface area contributed by atoms with Crippen LogP contribution in [0.2, 0.25) is 0 Å². The molecule has 0 aliphatic carbocycles. The zero-order valence-electron chi connectivity index (χ0n) is 15.6. The number of hydrogen-bond acceptors (Lipinski definition) is 6. The molecule has 2 aromatic carbocycles. The average Bonchev–Trinajstić information content (AvgIpc) is 3.15. The summed E-state index contributed by atoms with van der Waals surface area (Å²) in [6.45, 7) is 0.426. The topological polar surface area (TPSA) is 93.2 Å². The summed E-state index contributed by atoms with van der Waals surface area (Å²) >= 11 is 4.64. The molecule has 150 valence electrons. The van der Waals surface area contributed by atoms with E-state index in [2.05, 4.69) is 36.8 Å². The molecule has 2 N–H and O–H groups in total. The van der Waals surface area contributed by atoms with Crippen molar-refractivity contribution in [3.8, 4) is 5.75 Å². The number of anilines is 1. The summed E-state index contributed by atoms with van der Waals surface area (Å²) in [4.78, 5) is 24.4. The molecule has 0 spiro atoms. The van der Waals surface area contributed by atoms with Gasteiger partial charge in [-0.25, -0.2) is 0 Å². The van der Waals surface area contributed by atoms with Crippen molar-refractivity contribution in [2.45, 2.75) is 12.8 Å². The second-order valence-electron chi connectivity index (χ2n) is 6.05. The van der Waals surface area contributed by atoms with Crippen molar-refractivity contribution in [2.24, 2.45) is 0 Å². The van der Waals surface area contributed by atoms with Crippen molar-refractivity contribution in [1.82, 2.24) is 15.5 Å². The number of benzene rings is 2. The monoisotopic (exact) mass is 474 g/mol. The molecular weight excluding hydrogens is 456 g/mol. The number of hydrogen-bond donors (Lipinski definition) is 2. The van der Waals surface area contributed by atoms with Crippen LogP contribution in [0.5, 0.6) is 5.75 Å². The van der Waals surface area contributed by atoms with Crippen molar-refractivity contribution < 1.29 is 14.3 Å². The minimum Gasteiger partial charge on any atom is -0.496 e. The van der Waals surface area contributed by atoms with Gasteiger partial charge in [-0.15, -0.1) is 10.2 Å². The first-order valence-corrected chi connectivity index (χ1v) is 10.4. The van der Waals surface area contributed by atoms with Crippen molar-refractivity contribution >= 4 is 44.2 Å². The minimum absolute atomic E-state index is 0.152. The molecule has 29 heavy (non-hydrogen) atoms. The van der Waals surface area contributed by atoms with Crippen LogP contribution in [0.25, 0.3) is 0 Å². The largest absolute Gasteiger partial charge is 0.496 e. The summed E-state index contributed by atoms with van der Waals surface area (Å²) in [7, 11) is 1.57. The number of amides is 2. The number of rotatable bonds is 8. The Labute approximate surface area is 180 Å². The lowest BCUT2D eigenvalue weighted by Crippen LogP contribution is -2.25. The summed E-state index contributed by atoms with van der Waals surface area (Å²) in [5, 5.41) is 14.8. The standard InChI is InChI=1S/C20H19BrN4O3S/c1-28-16-8-3-2-5-13(16)12-17(26)23-20-25-24-18(29-20)9-10-22-19(27)14-6-4-7-15(21)11-14/h2-8,11H,9-10,12H2,1H3,(H,22,27)(H,23,25,26). The second-order valence-corrected chi connectivity index (χ2v) is 8.03. The Morgan fingerprint density at radius 2 is 1.97 bits per heavy atom. The van der Waals surface area contributed by atoms with Gasteiger partial charge >= 0.3 is 0 Å². The quantitative estimate of drug-likeness (QED) is 0.521. The van der Waals surface area contributed by atoms with E-state index in [-0.39, 0.29) is 18.2 Å². The predicted octanol–water partition coefficient (Wildman–Crippen LogP) is 3.46. The van der Waals surface area contributed by atoms with Crippen LogP contribution in [0.4, 0.5) is 5.13 Å². The molecule has 1 heterocycles. The number of aromatic nitrogens is 2. The molecule has 0 fully saturated rings. The van der Waals surface area contributed by atoms with E-state index in [0.29, 0.717) is 29.4 Å². The fourth-order valence-corrected chi connectivity index (χ4v) is 3.76. The van der Waals surface area contributed by atoms with Crippen LogP contribution in [0.1, 0.15) is 20.9 Å². The molecular formula is C20H19BrN4O3S.